The van der Waals surface area contributed by atoms with Gasteiger partial charge in [-0.3, -0.25) is 4.68 Å². The van der Waals surface area contributed by atoms with Gasteiger partial charge < -0.3 is 10.0 Å². The van der Waals surface area contributed by atoms with E-state index in [1.807, 2.05) is 25.8 Å². The monoisotopic (exact) mass is 248 g/mol. The number of nitrogens with zero attached hydrogens (tertiary/aromatic N) is 4. The lowest BCUT2D eigenvalue weighted by Crippen LogP contribution is -2.20. The number of fused-ring (bicyclic) bond motifs is 1. The average Bonchev–Trinajstić information content (AvgIpc) is 2.63. The van der Waals surface area contributed by atoms with Gasteiger partial charge in [0.1, 0.15) is 5.56 Å². The molecule has 0 amide bonds. The van der Waals surface area contributed by atoms with Crippen molar-refractivity contribution in [1.82, 2.24) is 14.8 Å². The van der Waals surface area contributed by atoms with E-state index in [0.717, 1.165) is 11.1 Å². The van der Waals surface area contributed by atoms with Crippen LogP contribution in [-0.4, -0.2) is 39.4 Å². The minimum Gasteiger partial charge on any atom is -0.478 e. The predicted octanol–water partition coefficient (Wildman–Crippen LogP) is 1.43. The second kappa shape index (κ2) is 4.29. The van der Waals surface area contributed by atoms with Gasteiger partial charge in [-0.2, -0.15) is 5.10 Å². The maximum absolute atomic E-state index is 11.3. The third kappa shape index (κ3) is 1.70. The van der Waals surface area contributed by atoms with Gasteiger partial charge in [-0.05, 0) is 13.8 Å². The van der Waals surface area contributed by atoms with Gasteiger partial charge in [-0.25, -0.2) is 9.78 Å². The molecule has 6 heteroatoms. The molecule has 0 aromatic carbocycles. The molecule has 0 fully saturated rings. The van der Waals surface area contributed by atoms with E-state index in [1.165, 1.54) is 6.20 Å². The molecule has 18 heavy (non-hydrogen) atoms. The molecule has 6 nitrogen and oxygen atoms in total. The first-order valence-electron chi connectivity index (χ1n) is 5.74. The summed E-state index contributed by atoms with van der Waals surface area (Å²) in [6.07, 6.45) is 1.40. The van der Waals surface area contributed by atoms with Gasteiger partial charge in [-0.1, -0.05) is 0 Å². The molecule has 2 heterocycles. The maximum atomic E-state index is 11.3. The predicted molar refractivity (Wildman–Crippen MR) is 69.1 cm³/mol. The number of aromatic nitrogens is 3. The van der Waals surface area contributed by atoms with E-state index < -0.39 is 5.97 Å². The summed E-state index contributed by atoms with van der Waals surface area (Å²) in [6.45, 7) is 4.56. The highest BCUT2D eigenvalue weighted by Gasteiger charge is 2.21. The standard InChI is InChI=1S/C12H16N4O2/c1-5-15(3)10-8(12(17)18)6-13-11-9(10)7(2)14-16(11)4/h6H,5H2,1-4H3,(H,17,18). The Bertz CT molecular complexity index is 618. The quantitative estimate of drug-likeness (QED) is 0.889. The maximum Gasteiger partial charge on any atom is 0.339 e. The molecule has 0 saturated carbocycles. The second-order valence-corrected chi connectivity index (χ2v) is 4.25. The number of hydrogen-bond donors (Lipinski definition) is 1. The van der Waals surface area contributed by atoms with E-state index in [2.05, 4.69) is 10.1 Å². The molecule has 0 aliphatic rings. The van der Waals surface area contributed by atoms with Crippen molar-refractivity contribution in [2.24, 2.45) is 7.05 Å². The fraction of sp³-hybridized carbons (Fsp3) is 0.417. The van der Waals surface area contributed by atoms with Crippen molar-refractivity contribution in [3.8, 4) is 0 Å². The molecule has 0 saturated heterocycles. The summed E-state index contributed by atoms with van der Waals surface area (Å²) in [6, 6.07) is 0. The highest BCUT2D eigenvalue weighted by molar-refractivity contribution is 6.04. The summed E-state index contributed by atoms with van der Waals surface area (Å²) in [7, 11) is 3.67. The molecular formula is C12H16N4O2. The Morgan fingerprint density at radius 2 is 2.22 bits per heavy atom. The molecule has 0 unspecified atom stereocenters. The van der Waals surface area contributed by atoms with Crippen molar-refractivity contribution < 1.29 is 9.90 Å². The molecule has 0 radical (unpaired) electrons. The lowest BCUT2D eigenvalue weighted by molar-refractivity contribution is 0.0697. The van der Waals surface area contributed by atoms with Crippen molar-refractivity contribution >= 4 is 22.7 Å². The summed E-state index contributed by atoms with van der Waals surface area (Å²) in [5, 5.41) is 14.4. The average molecular weight is 248 g/mol. The van der Waals surface area contributed by atoms with Gasteiger partial charge in [0, 0.05) is 26.8 Å². The highest BCUT2D eigenvalue weighted by Crippen LogP contribution is 2.30. The van der Waals surface area contributed by atoms with Crippen molar-refractivity contribution in [2.75, 3.05) is 18.5 Å². The molecule has 96 valence electrons. The minimum absolute atomic E-state index is 0.211. The van der Waals surface area contributed by atoms with Crippen LogP contribution in [0, 0.1) is 6.92 Å². The molecular weight excluding hydrogens is 232 g/mol. The number of rotatable bonds is 3. The molecule has 0 spiro atoms. The van der Waals surface area contributed by atoms with Crippen LogP contribution in [0.4, 0.5) is 5.69 Å². The number of carboxylic acid groups (broad SMARTS) is 1. The zero-order valence-corrected chi connectivity index (χ0v) is 10.9. The van der Waals surface area contributed by atoms with Crippen LogP contribution in [0.15, 0.2) is 6.20 Å². The van der Waals surface area contributed by atoms with Gasteiger partial charge in [0.05, 0.1) is 16.8 Å². The van der Waals surface area contributed by atoms with Crippen LogP contribution < -0.4 is 4.90 Å². The van der Waals surface area contributed by atoms with E-state index in [0.29, 0.717) is 17.9 Å². The summed E-state index contributed by atoms with van der Waals surface area (Å²) in [5.74, 6) is -0.969. The Labute approximate surface area is 105 Å². The fourth-order valence-corrected chi connectivity index (χ4v) is 2.10. The van der Waals surface area contributed by atoms with Gasteiger partial charge in [0.2, 0.25) is 0 Å². The van der Waals surface area contributed by atoms with Crippen LogP contribution in [0.5, 0.6) is 0 Å². The number of pyridine rings is 1. The fourth-order valence-electron chi connectivity index (χ4n) is 2.10. The SMILES string of the molecule is CCN(C)c1c(C(=O)O)cnc2c1c(C)nn2C. The van der Waals surface area contributed by atoms with Crippen LogP contribution in [0.2, 0.25) is 0 Å². The Balaban J connectivity index is 2.88. The molecule has 0 bridgehead atoms. The van der Waals surface area contributed by atoms with Crippen LogP contribution in [0.3, 0.4) is 0 Å². The number of hydrogen-bond acceptors (Lipinski definition) is 4. The van der Waals surface area contributed by atoms with E-state index in [1.54, 1.807) is 11.7 Å². The molecule has 0 aliphatic heterocycles. The topological polar surface area (TPSA) is 71.2 Å². The van der Waals surface area contributed by atoms with E-state index in [9.17, 15) is 9.90 Å². The van der Waals surface area contributed by atoms with E-state index >= 15 is 0 Å². The number of anilines is 1. The van der Waals surface area contributed by atoms with Crippen molar-refractivity contribution in [2.45, 2.75) is 13.8 Å². The normalized spacial score (nSPS) is 10.9. The minimum atomic E-state index is -0.969. The Morgan fingerprint density at radius 1 is 1.56 bits per heavy atom. The lowest BCUT2D eigenvalue weighted by Gasteiger charge is -2.20. The largest absolute Gasteiger partial charge is 0.478 e. The molecule has 2 aromatic heterocycles. The van der Waals surface area contributed by atoms with Gasteiger partial charge >= 0.3 is 5.97 Å². The molecule has 1 N–H and O–H groups in total. The number of aryl methyl sites for hydroxylation is 2. The van der Waals surface area contributed by atoms with Gasteiger partial charge in [0.25, 0.3) is 0 Å². The van der Waals surface area contributed by atoms with Crippen LogP contribution in [0.1, 0.15) is 23.0 Å². The molecule has 0 atom stereocenters. The first-order valence-corrected chi connectivity index (χ1v) is 5.74. The lowest BCUT2D eigenvalue weighted by atomic mass is 10.1. The highest BCUT2D eigenvalue weighted by atomic mass is 16.4. The Morgan fingerprint density at radius 3 is 2.78 bits per heavy atom. The molecule has 0 aliphatic carbocycles. The zero-order valence-electron chi connectivity index (χ0n) is 10.9. The van der Waals surface area contributed by atoms with Crippen molar-refractivity contribution in [3.05, 3.63) is 17.5 Å². The Kier molecular flexibility index (Phi) is 2.94. The van der Waals surface area contributed by atoms with Crippen LogP contribution >= 0.6 is 0 Å². The zero-order chi connectivity index (χ0) is 13.4. The van der Waals surface area contributed by atoms with Gasteiger partial charge in [-0.15, -0.1) is 0 Å². The van der Waals surface area contributed by atoms with E-state index in [4.69, 9.17) is 0 Å². The summed E-state index contributed by atoms with van der Waals surface area (Å²) >= 11 is 0. The van der Waals surface area contributed by atoms with Crippen molar-refractivity contribution in [1.29, 1.82) is 0 Å². The third-order valence-electron chi connectivity index (χ3n) is 3.09. The molecule has 2 aromatic rings. The van der Waals surface area contributed by atoms with Crippen LogP contribution in [0.25, 0.3) is 11.0 Å². The first kappa shape index (κ1) is 12.3. The third-order valence-corrected chi connectivity index (χ3v) is 3.09. The van der Waals surface area contributed by atoms with Crippen LogP contribution in [-0.2, 0) is 7.05 Å². The summed E-state index contributed by atoms with van der Waals surface area (Å²) in [5.41, 5.74) is 2.38. The number of aromatic carboxylic acids is 1. The summed E-state index contributed by atoms with van der Waals surface area (Å²) < 4.78 is 1.67. The Hall–Kier alpha value is -2.11. The number of carboxylic acids is 1. The van der Waals surface area contributed by atoms with Gasteiger partial charge in [0.15, 0.2) is 5.65 Å². The second-order valence-electron chi connectivity index (χ2n) is 4.25. The molecule has 2 rings (SSSR count). The van der Waals surface area contributed by atoms with E-state index in [-0.39, 0.29) is 5.56 Å². The number of carbonyl (C=O) groups is 1. The summed E-state index contributed by atoms with van der Waals surface area (Å²) in [4.78, 5) is 17.4. The van der Waals surface area contributed by atoms with Crippen molar-refractivity contribution in [3.63, 3.8) is 0 Å². The smallest absolute Gasteiger partial charge is 0.339 e. The first-order chi connectivity index (χ1) is 8.47.